The van der Waals surface area contributed by atoms with E-state index in [2.05, 4.69) is 10.3 Å². The number of anilines is 1. The van der Waals surface area contributed by atoms with E-state index in [9.17, 15) is 22.8 Å². The first-order valence-corrected chi connectivity index (χ1v) is 7.36. The summed E-state index contributed by atoms with van der Waals surface area (Å²) in [6.45, 7) is 1.28. The molecule has 25 heavy (non-hydrogen) atoms. The average molecular weight is 373 g/mol. The molecule has 1 N–H and O–H groups in total. The van der Waals surface area contributed by atoms with Crippen molar-refractivity contribution in [2.24, 2.45) is 0 Å². The number of alkyl halides is 3. The number of nitrogens with one attached hydrogen (secondary N) is 1. The predicted octanol–water partition coefficient (Wildman–Crippen LogP) is 3.94. The van der Waals surface area contributed by atoms with E-state index in [1.54, 1.807) is 6.07 Å². The van der Waals surface area contributed by atoms with Crippen molar-refractivity contribution in [2.45, 2.75) is 19.2 Å². The van der Waals surface area contributed by atoms with Crippen molar-refractivity contribution in [1.29, 1.82) is 0 Å². The maximum absolute atomic E-state index is 12.7. The topological polar surface area (TPSA) is 68.3 Å². The van der Waals surface area contributed by atoms with E-state index < -0.39 is 29.7 Å². The van der Waals surface area contributed by atoms with Gasteiger partial charge in [-0.25, -0.2) is 9.78 Å². The lowest BCUT2D eigenvalue weighted by atomic mass is 10.1. The first-order valence-electron chi connectivity index (χ1n) is 6.98. The van der Waals surface area contributed by atoms with Gasteiger partial charge in [0.05, 0.1) is 16.8 Å². The lowest BCUT2D eigenvalue weighted by Gasteiger charge is -2.14. The van der Waals surface area contributed by atoms with Crippen LogP contribution in [0, 0.1) is 0 Å². The fourth-order valence-corrected chi connectivity index (χ4v) is 1.98. The zero-order chi connectivity index (χ0) is 18.6. The molecule has 5 nitrogen and oxygen atoms in total. The molecule has 0 saturated carbocycles. The number of carbonyl (C=O) groups is 2. The highest BCUT2D eigenvalue weighted by atomic mass is 35.5. The van der Waals surface area contributed by atoms with Gasteiger partial charge in [0.15, 0.2) is 11.3 Å². The summed E-state index contributed by atoms with van der Waals surface area (Å²) in [7, 11) is 0. The molecular weight excluding hydrogens is 361 g/mol. The highest BCUT2D eigenvalue weighted by Gasteiger charge is 2.31. The average Bonchev–Trinajstić information content (AvgIpc) is 2.56. The van der Waals surface area contributed by atoms with Crippen LogP contribution in [0.25, 0.3) is 0 Å². The van der Waals surface area contributed by atoms with Crippen LogP contribution in [-0.2, 0) is 15.7 Å². The van der Waals surface area contributed by atoms with Crippen molar-refractivity contribution in [3.63, 3.8) is 0 Å². The van der Waals surface area contributed by atoms with Gasteiger partial charge in [-0.1, -0.05) is 17.7 Å². The molecule has 0 aliphatic heterocycles. The van der Waals surface area contributed by atoms with Gasteiger partial charge in [0, 0.05) is 6.20 Å². The molecule has 1 amide bonds. The van der Waals surface area contributed by atoms with Gasteiger partial charge in [-0.15, -0.1) is 0 Å². The monoisotopic (exact) mass is 372 g/mol. The zero-order valence-corrected chi connectivity index (χ0v) is 13.6. The van der Waals surface area contributed by atoms with Crippen molar-refractivity contribution in [3.05, 3.63) is 58.9 Å². The minimum Gasteiger partial charge on any atom is -0.449 e. The Balaban J connectivity index is 2.05. The van der Waals surface area contributed by atoms with Crippen LogP contribution in [0.1, 0.15) is 22.8 Å². The molecule has 1 aromatic heterocycles. The summed E-state index contributed by atoms with van der Waals surface area (Å²) in [5.74, 6) is -1.75. The van der Waals surface area contributed by atoms with E-state index in [0.717, 1.165) is 12.1 Å². The van der Waals surface area contributed by atoms with Crippen LogP contribution in [0.3, 0.4) is 0 Å². The van der Waals surface area contributed by atoms with Gasteiger partial charge in [-0.2, -0.15) is 13.2 Å². The lowest BCUT2D eigenvalue weighted by molar-refractivity contribution is -0.137. The molecule has 2 aromatic rings. The second-order valence-electron chi connectivity index (χ2n) is 4.96. The Morgan fingerprint density at radius 3 is 2.60 bits per heavy atom. The summed E-state index contributed by atoms with van der Waals surface area (Å²) in [5.41, 5.74) is -1.08. The van der Waals surface area contributed by atoms with Gasteiger partial charge in [0.1, 0.15) is 0 Å². The number of amides is 1. The molecule has 1 aromatic carbocycles. The van der Waals surface area contributed by atoms with Crippen LogP contribution in [0.15, 0.2) is 42.6 Å². The largest absolute Gasteiger partial charge is 0.449 e. The summed E-state index contributed by atoms with van der Waals surface area (Å²) in [5, 5.41) is 2.46. The molecule has 0 aliphatic rings. The van der Waals surface area contributed by atoms with Crippen LogP contribution in [-0.4, -0.2) is 23.0 Å². The summed E-state index contributed by atoms with van der Waals surface area (Å²) in [6, 6.07) is 6.78. The first kappa shape index (κ1) is 18.7. The van der Waals surface area contributed by atoms with E-state index >= 15 is 0 Å². The van der Waals surface area contributed by atoms with Gasteiger partial charge in [0.2, 0.25) is 0 Å². The zero-order valence-electron chi connectivity index (χ0n) is 12.8. The number of aromatic nitrogens is 1. The van der Waals surface area contributed by atoms with Gasteiger partial charge in [0.25, 0.3) is 5.91 Å². The Morgan fingerprint density at radius 2 is 1.96 bits per heavy atom. The fraction of sp³-hybridized carbons (Fsp3) is 0.188. The quantitative estimate of drug-likeness (QED) is 0.652. The van der Waals surface area contributed by atoms with E-state index in [-0.39, 0.29) is 16.4 Å². The maximum atomic E-state index is 12.7. The van der Waals surface area contributed by atoms with E-state index in [4.69, 9.17) is 16.3 Å². The highest BCUT2D eigenvalue weighted by molar-refractivity contribution is 6.32. The molecular formula is C16H12ClF3N2O3. The van der Waals surface area contributed by atoms with E-state index in [0.29, 0.717) is 6.07 Å². The van der Waals surface area contributed by atoms with Crippen molar-refractivity contribution in [3.8, 4) is 0 Å². The van der Waals surface area contributed by atoms with Crippen LogP contribution in [0.4, 0.5) is 18.9 Å². The number of rotatable bonds is 4. The molecule has 1 heterocycles. The molecule has 0 aliphatic carbocycles. The minimum atomic E-state index is -4.59. The molecule has 9 heteroatoms. The van der Waals surface area contributed by atoms with Gasteiger partial charge in [-0.3, -0.25) is 4.79 Å². The Bertz CT molecular complexity index is 796. The number of benzene rings is 1. The smallest absolute Gasteiger partial charge is 0.416 e. The highest BCUT2D eigenvalue weighted by Crippen LogP contribution is 2.29. The molecule has 0 spiro atoms. The molecule has 1 atom stereocenters. The summed E-state index contributed by atoms with van der Waals surface area (Å²) in [4.78, 5) is 27.7. The van der Waals surface area contributed by atoms with Gasteiger partial charge in [-0.05, 0) is 37.3 Å². The molecule has 0 saturated heterocycles. The number of hydrogen-bond acceptors (Lipinski definition) is 4. The number of carbonyl (C=O) groups excluding carboxylic acids is 2. The van der Waals surface area contributed by atoms with Gasteiger partial charge < -0.3 is 10.1 Å². The van der Waals surface area contributed by atoms with Crippen molar-refractivity contribution in [2.75, 3.05) is 5.32 Å². The number of esters is 1. The minimum absolute atomic E-state index is 0.0484. The van der Waals surface area contributed by atoms with Crippen LogP contribution >= 0.6 is 11.6 Å². The number of hydrogen-bond donors (Lipinski definition) is 1. The summed E-state index contributed by atoms with van der Waals surface area (Å²) >= 11 is 5.79. The van der Waals surface area contributed by atoms with Crippen molar-refractivity contribution in [1.82, 2.24) is 4.98 Å². The standard InChI is InChI=1S/C16H12ClF3N2O3/c1-9(14(23)22-12-6-3-7-21-13(12)17)25-15(24)10-4-2-5-11(8-10)16(18,19)20/h2-9H,1H3,(H,22,23). The fourth-order valence-electron chi connectivity index (χ4n) is 1.82. The molecule has 0 fully saturated rings. The second-order valence-corrected chi connectivity index (χ2v) is 5.32. The Hall–Kier alpha value is -2.61. The molecule has 132 valence electrons. The maximum Gasteiger partial charge on any atom is 0.416 e. The SMILES string of the molecule is CC(OC(=O)c1cccc(C(F)(F)F)c1)C(=O)Nc1cccnc1Cl. The Kier molecular flexibility index (Phi) is 5.63. The number of pyridine rings is 1. The van der Waals surface area contributed by atoms with Crippen molar-refractivity contribution < 1.29 is 27.5 Å². The number of halogens is 4. The third-order valence-corrected chi connectivity index (χ3v) is 3.40. The summed E-state index contributed by atoms with van der Waals surface area (Å²) < 4.78 is 42.9. The van der Waals surface area contributed by atoms with Crippen molar-refractivity contribution >= 4 is 29.2 Å². The molecule has 0 bridgehead atoms. The second kappa shape index (κ2) is 7.52. The third kappa shape index (κ3) is 4.93. The van der Waals surface area contributed by atoms with Crippen LogP contribution in [0.2, 0.25) is 5.15 Å². The lowest BCUT2D eigenvalue weighted by Crippen LogP contribution is -2.30. The number of nitrogens with zero attached hydrogens (tertiary/aromatic N) is 1. The Labute approximate surface area is 145 Å². The normalized spacial score (nSPS) is 12.4. The number of ether oxygens (including phenoxy) is 1. The van der Waals surface area contributed by atoms with Crippen LogP contribution < -0.4 is 5.32 Å². The molecule has 1 unspecified atom stereocenters. The molecule has 2 rings (SSSR count). The summed E-state index contributed by atoms with van der Waals surface area (Å²) in [6.07, 6.45) is -4.41. The van der Waals surface area contributed by atoms with Gasteiger partial charge >= 0.3 is 12.1 Å². The first-order chi connectivity index (χ1) is 11.7. The van der Waals surface area contributed by atoms with E-state index in [1.807, 2.05) is 0 Å². The third-order valence-electron chi connectivity index (χ3n) is 3.10. The molecule has 0 radical (unpaired) electrons. The van der Waals surface area contributed by atoms with E-state index in [1.165, 1.54) is 25.3 Å². The predicted molar refractivity (Wildman–Crippen MR) is 84.2 cm³/mol. The Morgan fingerprint density at radius 1 is 1.24 bits per heavy atom. The van der Waals surface area contributed by atoms with Crippen LogP contribution in [0.5, 0.6) is 0 Å².